The van der Waals surface area contributed by atoms with Crippen molar-refractivity contribution in [1.29, 1.82) is 0 Å². The number of anilines is 2. The first-order valence-corrected chi connectivity index (χ1v) is 6.45. The van der Waals surface area contributed by atoms with Crippen molar-refractivity contribution in [3.63, 3.8) is 0 Å². The highest BCUT2D eigenvalue weighted by molar-refractivity contribution is 7.07. The van der Waals surface area contributed by atoms with Crippen LogP contribution in [0.3, 0.4) is 0 Å². The van der Waals surface area contributed by atoms with Crippen molar-refractivity contribution in [1.82, 2.24) is 9.97 Å². The minimum absolute atomic E-state index is 0.557. The summed E-state index contributed by atoms with van der Waals surface area (Å²) in [5.41, 5.74) is 1.25. The van der Waals surface area contributed by atoms with Crippen molar-refractivity contribution in [2.45, 2.75) is 6.54 Å². The van der Waals surface area contributed by atoms with Crippen LogP contribution in [0.4, 0.5) is 11.8 Å². The number of nitrogens with zero attached hydrogens (tertiary/aromatic N) is 3. The van der Waals surface area contributed by atoms with Crippen LogP contribution in [-0.2, 0) is 6.54 Å². The van der Waals surface area contributed by atoms with E-state index in [4.69, 9.17) is 11.6 Å². The van der Waals surface area contributed by atoms with Crippen molar-refractivity contribution in [2.75, 3.05) is 24.3 Å². The van der Waals surface area contributed by atoms with E-state index < -0.39 is 0 Å². The van der Waals surface area contributed by atoms with Gasteiger partial charge in [-0.1, -0.05) is 11.6 Å². The van der Waals surface area contributed by atoms with Crippen molar-refractivity contribution in [3.8, 4) is 0 Å². The summed E-state index contributed by atoms with van der Waals surface area (Å²) in [4.78, 5) is 10.4. The zero-order valence-electron chi connectivity index (χ0n) is 9.64. The van der Waals surface area contributed by atoms with E-state index in [0.29, 0.717) is 11.0 Å². The largest absolute Gasteiger partial charge is 0.357 e. The third-order valence-electron chi connectivity index (χ3n) is 2.31. The quantitative estimate of drug-likeness (QED) is 0.926. The molecule has 90 valence electrons. The fraction of sp³-hybridized carbons (Fsp3) is 0.273. The number of halogens is 1. The average molecular weight is 269 g/mol. The molecule has 0 atom stereocenters. The minimum atomic E-state index is 0.557. The molecular formula is C11H13ClN4S. The van der Waals surface area contributed by atoms with Gasteiger partial charge in [-0.2, -0.15) is 16.3 Å². The normalized spacial score (nSPS) is 10.3. The molecule has 0 aliphatic heterocycles. The topological polar surface area (TPSA) is 41.1 Å². The Balaban J connectivity index is 2.20. The van der Waals surface area contributed by atoms with Crippen LogP contribution < -0.4 is 10.2 Å². The van der Waals surface area contributed by atoms with Crippen LogP contribution in [0.15, 0.2) is 23.0 Å². The van der Waals surface area contributed by atoms with Gasteiger partial charge in [-0.05, 0) is 22.4 Å². The van der Waals surface area contributed by atoms with Crippen molar-refractivity contribution in [2.24, 2.45) is 0 Å². The van der Waals surface area contributed by atoms with Gasteiger partial charge in [0, 0.05) is 20.6 Å². The number of rotatable bonds is 4. The molecule has 0 radical (unpaired) electrons. The van der Waals surface area contributed by atoms with E-state index in [-0.39, 0.29) is 0 Å². The van der Waals surface area contributed by atoms with Crippen LogP contribution in [0.2, 0.25) is 5.02 Å². The van der Waals surface area contributed by atoms with Crippen molar-refractivity contribution < 1.29 is 0 Å². The molecule has 0 aliphatic carbocycles. The highest BCUT2D eigenvalue weighted by atomic mass is 35.5. The van der Waals surface area contributed by atoms with Crippen LogP contribution >= 0.6 is 22.9 Å². The average Bonchev–Trinajstić information content (AvgIpc) is 2.82. The minimum Gasteiger partial charge on any atom is -0.357 e. The molecular weight excluding hydrogens is 256 g/mol. The monoisotopic (exact) mass is 268 g/mol. The van der Waals surface area contributed by atoms with E-state index in [9.17, 15) is 0 Å². The van der Waals surface area contributed by atoms with Gasteiger partial charge in [0.25, 0.3) is 0 Å². The van der Waals surface area contributed by atoms with E-state index in [1.165, 1.54) is 5.56 Å². The lowest BCUT2D eigenvalue weighted by Crippen LogP contribution is -2.18. The van der Waals surface area contributed by atoms with Gasteiger partial charge < -0.3 is 10.2 Å². The molecule has 0 saturated carbocycles. The number of hydrogen-bond donors (Lipinski definition) is 1. The fourth-order valence-electron chi connectivity index (χ4n) is 1.48. The molecule has 1 N–H and O–H groups in total. The molecule has 4 nitrogen and oxygen atoms in total. The molecule has 17 heavy (non-hydrogen) atoms. The lowest BCUT2D eigenvalue weighted by molar-refractivity contribution is 0.896. The predicted octanol–water partition coefficient (Wildman–Crippen LogP) is 2.87. The van der Waals surface area contributed by atoms with Gasteiger partial charge in [0.05, 0.1) is 6.20 Å². The molecule has 2 rings (SSSR count). The zero-order valence-corrected chi connectivity index (χ0v) is 11.2. The molecule has 0 aliphatic rings. The van der Waals surface area contributed by atoms with Crippen molar-refractivity contribution in [3.05, 3.63) is 33.6 Å². The summed E-state index contributed by atoms with van der Waals surface area (Å²) >= 11 is 7.78. The van der Waals surface area contributed by atoms with E-state index in [1.54, 1.807) is 24.6 Å². The lowest BCUT2D eigenvalue weighted by Gasteiger charge is -2.19. The van der Waals surface area contributed by atoms with Gasteiger partial charge in [0.15, 0.2) is 5.82 Å². The Morgan fingerprint density at radius 1 is 1.53 bits per heavy atom. The molecule has 0 fully saturated rings. The second kappa shape index (κ2) is 5.33. The van der Waals surface area contributed by atoms with Gasteiger partial charge in [0.2, 0.25) is 5.95 Å². The van der Waals surface area contributed by atoms with Crippen LogP contribution in [-0.4, -0.2) is 24.1 Å². The summed E-state index contributed by atoms with van der Waals surface area (Å²) in [5, 5.41) is 7.63. The second-order valence-corrected chi connectivity index (χ2v) is 4.79. The summed E-state index contributed by atoms with van der Waals surface area (Å²) in [6.45, 7) is 0.781. The third-order valence-corrected chi connectivity index (χ3v) is 3.31. The van der Waals surface area contributed by atoms with Crippen LogP contribution in [0.5, 0.6) is 0 Å². The maximum atomic E-state index is 6.10. The lowest BCUT2D eigenvalue weighted by atomic mass is 10.3. The Kier molecular flexibility index (Phi) is 3.81. The molecule has 2 heterocycles. The molecule has 0 spiro atoms. The van der Waals surface area contributed by atoms with E-state index in [2.05, 4.69) is 32.1 Å². The van der Waals surface area contributed by atoms with Gasteiger partial charge in [-0.25, -0.2) is 4.98 Å². The van der Waals surface area contributed by atoms with Gasteiger partial charge in [-0.15, -0.1) is 0 Å². The van der Waals surface area contributed by atoms with Crippen LogP contribution in [0.1, 0.15) is 5.56 Å². The predicted molar refractivity (Wildman–Crippen MR) is 73.0 cm³/mol. The third kappa shape index (κ3) is 2.87. The molecule has 0 unspecified atom stereocenters. The molecule has 0 bridgehead atoms. The van der Waals surface area contributed by atoms with E-state index >= 15 is 0 Å². The van der Waals surface area contributed by atoms with E-state index in [0.717, 1.165) is 12.4 Å². The Hall–Kier alpha value is -1.33. The first-order valence-electron chi connectivity index (χ1n) is 5.13. The summed E-state index contributed by atoms with van der Waals surface area (Å²) in [6.07, 6.45) is 1.61. The Morgan fingerprint density at radius 2 is 2.35 bits per heavy atom. The SMILES string of the molecule is CNc1ncc(Cl)c(N(C)Cc2ccsc2)n1. The van der Waals surface area contributed by atoms with Crippen LogP contribution in [0, 0.1) is 0 Å². The number of thiophene rings is 1. The fourth-order valence-corrected chi connectivity index (χ4v) is 2.37. The zero-order chi connectivity index (χ0) is 12.3. The molecule has 0 saturated heterocycles. The number of nitrogens with one attached hydrogen (secondary N) is 1. The first kappa shape index (κ1) is 12.1. The van der Waals surface area contributed by atoms with Gasteiger partial charge >= 0.3 is 0 Å². The smallest absolute Gasteiger partial charge is 0.224 e. The Bertz CT molecular complexity index is 486. The standard InChI is InChI=1S/C11H13ClN4S/c1-13-11-14-5-9(12)10(15-11)16(2)6-8-3-4-17-7-8/h3-5,7H,6H2,1-2H3,(H,13,14,15). The molecule has 0 aromatic carbocycles. The summed E-state index contributed by atoms with van der Waals surface area (Å²) in [5.74, 6) is 1.30. The Labute approximate surface area is 109 Å². The van der Waals surface area contributed by atoms with Crippen molar-refractivity contribution >= 4 is 34.7 Å². The maximum Gasteiger partial charge on any atom is 0.224 e. The van der Waals surface area contributed by atoms with Crippen LogP contribution in [0.25, 0.3) is 0 Å². The Morgan fingerprint density at radius 3 is 3.00 bits per heavy atom. The van der Waals surface area contributed by atoms with E-state index in [1.807, 2.05) is 11.9 Å². The molecule has 2 aromatic rings. The second-order valence-electron chi connectivity index (χ2n) is 3.60. The van der Waals surface area contributed by atoms with Gasteiger partial charge in [0.1, 0.15) is 5.02 Å². The highest BCUT2D eigenvalue weighted by Crippen LogP contribution is 2.24. The first-order chi connectivity index (χ1) is 8.20. The number of hydrogen-bond acceptors (Lipinski definition) is 5. The summed E-state index contributed by atoms with van der Waals surface area (Å²) in [6, 6.07) is 2.09. The molecule has 2 aromatic heterocycles. The summed E-state index contributed by atoms with van der Waals surface area (Å²) in [7, 11) is 3.75. The maximum absolute atomic E-state index is 6.10. The highest BCUT2D eigenvalue weighted by Gasteiger charge is 2.10. The molecule has 6 heteroatoms. The summed E-state index contributed by atoms with van der Waals surface area (Å²) < 4.78 is 0. The van der Waals surface area contributed by atoms with Gasteiger partial charge in [-0.3, -0.25) is 0 Å². The molecule has 0 amide bonds. The number of aromatic nitrogens is 2.